The summed E-state index contributed by atoms with van der Waals surface area (Å²) in [6.45, 7) is 12.0. The Hall–Kier alpha value is -0.980. The third-order valence-electron chi connectivity index (χ3n) is 4.69. The Morgan fingerprint density at radius 1 is 0.895 bits per heavy atom. The highest BCUT2D eigenvalue weighted by molar-refractivity contribution is 5.36. The first-order valence-corrected chi connectivity index (χ1v) is 7.89. The van der Waals surface area contributed by atoms with Crippen LogP contribution in [0.4, 0.5) is 0 Å². The highest BCUT2D eigenvalue weighted by Gasteiger charge is 2.25. The standard InChI is InChI=1S/C18H30O/c1-6-15-13-17(19-10-5)12-11-16(15)14-18(7-2,8-3)9-4/h11-13H,6-10,14H2,1-5H3. The van der Waals surface area contributed by atoms with E-state index in [0.717, 1.165) is 18.8 Å². The van der Waals surface area contributed by atoms with E-state index < -0.39 is 0 Å². The van der Waals surface area contributed by atoms with Crippen molar-refractivity contribution >= 4 is 0 Å². The van der Waals surface area contributed by atoms with Gasteiger partial charge in [-0.3, -0.25) is 0 Å². The molecular formula is C18H30O. The van der Waals surface area contributed by atoms with Gasteiger partial charge in [-0.25, -0.2) is 0 Å². The lowest BCUT2D eigenvalue weighted by atomic mass is 9.74. The lowest BCUT2D eigenvalue weighted by molar-refractivity contribution is 0.248. The van der Waals surface area contributed by atoms with Gasteiger partial charge in [0.1, 0.15) is 5.75 Å². The Labute approximate surface area is 119 Å². The molecule has 0 aliphatic carbocycles. The first-order valence-electron chi connectivity index (χ1n) is 7.89. The summed E-state index contributed by atoms with van der Waals surface area (Å²) in [7, 11) is 0. The van der Waals surface area contributed by atoms with Crippen LogP contribution in [-0.2, 0) is 12.8 Å². The van der Waals surface area contributed by atoms with Crippen molar-refractivity contribution < 1.29 is 4.74 Å². The van der Waals surface area contributed by atoms with E-state index in [2.05, 4.69) is 45.9 Å². The maximum Gasteiger partial charge on any atom is 0.119 e. The van der Waals surface area contributed by atoms with Crippen LogP contribution < -0.4 is 4.74 Å². The maximum atomic E-state index is 5.61. The maximum absolute atomic E-state index is 5.61. The van der Waals surface area contributed by atoms with Gasteiger partial charge in [0, 0.05) is 0 Å². The van der Waals surface area contributed by atoms with Crippen LogP contribution in [0.1, 0.15) is 65.0 Å². The second kappa shape index (κ2) is 7.57. The average molecular weight is 262 g/mol. The number of aryl methyl sites for hydroxylation is 1. The zero-order valence-electron chi connectivity index (χ0n) is 13.4. The highest BCUT2D eigenvalue weighted by Crippen LogP contribution is 2.36. The lowest BCUT2D eigenvalue weighted by Crippen LogP contribution is -2.21. The van der Waals surface area contributed by atoms with Gasteiger partial charge >= 0.3 is 0 Å². The van der Waals surface area contributed by atoms with Crippen molar-refractivity contribution in [1.29, 1.82) is 0 Å². The molecule has 0 atom stereocenters. The van der Waals surface area contributed by atoms with Crippen molar-refractivity contribution in [1.82, 2.24) is 0 Å². The van der Waals surface area contributed by atoms with Crippen molar-refractivity contribution in [3.8, 4) is 5.75 Å². The van der Waals surface area contributed by atoms with Gasteiger partial charge in [-0.2, -0.15) is 0 Å². The molecule has 19 heavy (non-hydrogen) atoms. The molecule has 1 nitrogen and oxygen atoms in total. The number of hydrogen-bond acceptors (Lipinski definition) is 1. The molecule has 0 heterocycles. The van der Waals surface area contributed by atoms with E-state index in [0.29, 0.717) is 5.41 Å². The molecular weight excluding hydrogens is 232 g/mol. The fourth-order valence-electron chi connectivity index (χ4n) is 2.89. The molecule has 0 N–H and O–H groups in total. The minimum Gasteiger partial charge on any atom is -0.494 e. The van der Waals surface area contributed by atoms with E-state index in [-0.39, 0.29) is 0 Å². The molecule has 0 aliphatic heterocycles. The van der Waals surface area contributed by atoms with Gasteiger partial charge in [-0.1, -0.05) is 53.0 Å². The SMILES string of the molecule is CCOc1ccc(CC(CC)(CC)CC)c(CC)c1. The summed E-state index contributed by atoms with van der Waals surface area (Å²) in [6.07, 6.45) is 6.07. The van der Waals surface area contributed by atoms with Crippen LogP contribution >= 0.6 is 0 Å². The van der Waals surface area contributed by atoms with Crippen molar-refractivity contribution in [2.75, 3.05) is 6.61 Å². The van der Waals surface area contributed by atoms with Crippen LogP contribution in [0.5, 0.6) is 5.75 Å². The van der Waals surface area contributed by atoms with Gasteiger partial charge < -0.3 is 4.74 Å². The summed E-state index contributed by atoms with van der Waals surface area (Å²) < 4.78 is 5.61. The third-order valence-corrected chi connectivity index (χ3v) is 4.69. The Kier molecular flexibility index (Phi) is 6.41. The fraction of sp³-hybridized carbons (Fsp3) is 0.667. The third kappa shape index (κ3) is 3.99. The number of benzene rings is 1. The molecule has 1 aromatic carbocycles. The highest BCUT2D eigenvalue weighted by atomic mass is 16.5. The van der Waals surface area contributed by atoms with E-state index in [1.165, 1.54) is 36.8 Å². The van der Waals surface area contributed by atoms with Crippen LogP contribution in [0.3, 0.4) is 0 Å². The molecule has 0 radical (unpaired) electrons. The summed E-state index contributed by atoms with van der Waals surface area (Å²) in [5, 5.41) is 0. The summed E-state index contributed by atoms with van der Waals surface area (Å²) in [5.74, 6) is 1.01. The first kappa shape index (κ1) is 16.1. The number of hydrogen-bond donors (Lipinski definition) is 0. The van der Waals surface area contributed by atoms with E-state index in [1.807, 2.05) is 6.92 Å². The normalized spacial score (nSPS) is 11.6. The average Bonchev–Trinajstić information content (AvgIpc) is 2.46. The van der Waals surface area contributed by atoms with E-state index in [1.54, 1.807) is 0 Å². The molecule has 0 unspecified atom stereocenters. The van der Waals surface area contributed by atoms with Gasteiger partial charge in [0.2, 0.25) is 0 Å². The summed E-state index contributed by atoms with van der Waals surface area (Å²) in [4.78, 5) is 0. The Morgan fingerprint density at radius 3 is 2.00 bits per heavy atom. The quantitative estimate of drug-likeness (QED) is 0.609. The summed E-state index contributed by atoms with van der Waals surface area (Å²) >= 11 is 0. The largest absolute Gasteiger partial charge is 0.494 e. The topological polar surface area (TPSA) is 9.23 Å². The van der Waals surface area contributed by atoms with Gasteiger partial charge in [-0.05, 0) is 48.4 Å². The van der Waals surface area contributed by atoms with Crippen LogP contribution in [0, 0.1) is 5.41 Å². The van der Waals surface area contributed by atoms with Crippen molar-refractivity contribution in [3.05, 3.63) is 29.3 Å². The number of ether oxygens (including phenoxy) is 1. The van der Waals surface area contributed by atoms with Crippen molar-refractivity contribution in [3.63, 3.8) is 0 Å². The van der Waals surface area contributed by atoms with Crippen LogP contribution in [0.15, 0.2) is 18.2 Å². The molecule has 1 heteroatoms. The van der Waals surface area contributed by atoms with Gasteiger partial charge in [0.25, 0.3) is 0 Å². The molecule has 0 aromatic heterocycles. The zero-order chi connectivity index (χ0) is 14.3. The Morgan fingerprint density at radius 2 is 1.53 bits per heavy atom. The van der Waals surface area contributed by atoms with E-state index in [4.69, 9.17) is 4.74 Å². The smallest absolute Gasteiger partial charge is 0.119 e. The summed E-state index contributed by atoms with van der Waals surface area (Å²) in [6, 6.07) is 6.63. The lowest BCUT2D eigenvalue weighted by Gasteiger charge is -2.31. The molecule has 0 saturated heterocycles. The molecule has 0 spiro atoms. The summed E-state index contributed by atoms with van der Waals surface area (Å²) in [5.41, 5.74) is 3.43. The monoisotopic (exact) mass is 262 g/mol. The van der Waals surface area contributed by atoms with E-state index in [9.17, 15) is 0 Å². The Bertz CT molecular complexity index is 369. The second-order valence-corrected chi connectivity index (χ2v) is 5.45. The number of rotatable bonds is 8. The second-order valence-electron chi connectivity index (χ2n) is 5.45. The van der Waals surface area contributed by atoms with Crippen molar-refractivity contribution in [2.24, 2.45) is 5.41 Å². The molecule has 108 valence electrons. The minimum absolute atomic E-state index is 0.469. The molecule has 0 aliphatic rings. The van der Waals surface area contributed by atoms with Crippen molar-refractivity contribution in [2.45, 2.75) is 66.7 Å². The van der Waals surface area contributed by atoms with E-state index >= 15 is 0 Å². The van der Waals surface area contributed by atoms with Gasteiger partial charge in [-0.15, -0.1) is 0 Å². The van der Waals surface area contributed by atoms with Gasteiger partial charge in [0.05, 0.1) is 6.61 Å². The van der Waals surface area contributed by atoms with Gasteiger partial charge in [0.15, 0.2) is 0 Å². The van der Waals surface area contributed by atoms with Crippen LogP contribution in [-0.4, -0.2) is 6.61 Å². The molecule has 0 amide bonds. The zero-order valence-corrected chi connectivity index (χ0v) is 13.4. The Balaban J connectivity index is 2.99. The molecule has 0 saturated carbocycles. The molecule has 0 fully saturated rings. The minimum atomic E-state index is 0.469. The molecule has 1 aromatic rings. The predicted octanol–water partition coefficient (Wildman–Crippen LogP) is 5.41. The van der Waals surface area contributed by atoms with Crippen LogP contribution in [0.25, 0.3) is 0 Å². The molecule has 1 rings (SSSR count). The fourth-order valence-corrected chi connectivity index (χ4v) is 2.89. The molecule has 0 bridgehead atoms. The predicted molar refractivity (Wildman–Crippen MR) is 84.0 cm³/mol. The first-order chi connectivity index (χ1) is 9.14. The van der Waals surface area contributed by atoms with Crippen LogP contribution in [0.2, 0.25) is 0 Å².